The van der Waals surface area contributed by atoms with Gasteiger partial charge in [0.2, 0.25) is 0 Å². The molecular weight excluding hydrogens is 512 g/mol. The third-order valence-corrected chi connectivity index (χ3v) is 6.07. The van der Waals surface area contributed by atoms with Crippen molar-refractivity contribution in [2.24, 2.45) is 0 Å². The average molecular weight is 538 g/mol. The van der Waals surface area contributed by atoms with Crippen LogP contribution >= 0.6 is 0 Å². The van der Waals surface area contributed by atoms with Crippen molar-refractivity contribution in [1.82, 2.24) is 30.2 Å². The van der Waals surface area contributed by atoms with Crippen LogP contribution in [0.25, 0.3) is 22.6 Å². The standard InChI is InChI=1S/C30H25F2N7O/c1-17-5-4-6-23(9-17)38-27-10-18(2)37-29(39-27)21-11-25(32)28(35-15-21)30(40)36-14-20-7-8-26(34-13-20)24-12-22(31)16-33-19(24)3/h4-13,15-16H,14H2,1-3H3,(H,36,40)(H,37,38,39). The highest BCUT2D eigenvalue weighted by atomic mass is 19.1. The Labute approximate surface area is 229 Å². The molecule has 0 unspecified atom stereocenters. The van der Waals surface area contributed by atoms with Crippen molar-refractivity contribution in [3.8, 4) is 22.6 Å². The van der Waals surface area contributed by atoms with Crippen molar-refractivity contribution < 1.29 is 13.6 Å². The predicted molar refractivity (Wildman–Crippen MR) is 148 cm³/mol. The molecule has 8 nitrogen and oxygen atoms in total. The number of nitrogens with one attached hydrogen (secondary N) is 2. The van der Waals surface area contributed by atoms with Gasteiger partial charge in [0.05, 0.1) is 11.9 Å². The maximum Gasteiger partial charge on any atom is 0.273 e. The third-order valence-electron chi connectivity index (χ3n) is 6.07. The van der Waals surface area contributed by atoms with Gasteiger partial charge < -0.3 is 10.6 Å². The number of benzene rings is 1. The molecule has 0 saturated carbocycles. The lowest BCUT2D eigenvalue weighted by Crippen LogP contribution is -2.25. The minimum atomic E-state index is -0.796. The van der Waals surface area contributed by atoms with Crippen molar-refractivity contribution in [3.05, 3.63) is 113 Å². The van der Waals surface area contributed by atoms with Crippen molar-refractivity contribution in [2.45, 2.75) is 27.3 Å². The quantitative estimate of drug-likeness (QED) is 0.267. The molecule has 0 saturated heterocycles. The molecule has 0 fully saturated rings. The second kappa shape index (κ2) is 11.3. The monoisotopic (exact) mass is 537 g/mol. The summed E-state index contributed by atoms with van der Waals surface area (Å²) in [5.41, 5.74) is 5.11. The lowest BCUT2D eigenvalue weighted by Gasteiger charge is -2.10. The van der Waals surface area contributed by atoms with E-state index >= 15 is 0 Å². The highest BCUT2D eigenvalue weighted by Crippen LogP contribution is 2.23. The lowest BCUT2D eigenvalue weighted by atomic mass is 10.1. The summed E-state index contributed by atoms with van der Waals surface area (Å²) < 4.78 is 28.6. The Morgan fingerprint density at radius 1 is 0.875 bits per heavy atom. The molecule has 4 aromatic heterocycles. The van der Waals surface area contributed by atoms with E-state index in [2.05, 4.69) is 35.6 Å². The van der Waals surface area contributed by atoms with E-state index in [1.54, 1.807) is 31.3 Å². The summed E-state index contributed by atoms with van der Waals surface area (Å²) >= 11 is 0. The summed E-state index contributed by atoms with van der Waals surface area (Å²) in [5, 5.41) is 5.89. The fraction of sp³-hybridized carbons (Fsp3) is 0.133. The first-order valence-electron chi connectivity index (χ1n) is 12.5. The minimum absolute atomic E-state index is 0.102. The Kier molecular flexibility index (Phi) is 7.50. The van der Waals surface area contributed by atoms with Crippen LogP contribution in [0.3, 0.4) is 0 Å². The molecule has 0 aliphatic rings. The van der Waals surface area contributed by atoms with Crippen molar-refractivity contribution in [2.75, 3.05) is 5.32 Å². The summed E-state index contributed by atoms with van der Waals surface area (Å²) in [7, 11) is 0. The normalized spacial score (nSPS) is 10.8. The van der Waals surface area contributed by atoms with Crippen molar-refractivity contribution in [3.63, 3.8) is 0 Å². The first-order chi connectivity index (χ1) is 19.2. The van der Waals surface area contributed by atoms with E-state index in [-0.39, 0.29) is 18.1 Å². The van der Waals surface area contributed by atoms with Gasteiger partial charge in [-0.15, -0.1) is 0 Å². The number of rotatable bonds is 7. The molecule has 10 heteroatoms. The molecule has 0 aliphatic heterocycles. The number of pyridine rings is 3. The van der Waals surface area contributed by atoms with E-state index in [4.69, 9.17) is 0 Å². The van der Waals surface area contributed by atoms with Gasteiger partial charge in [-0.2, -0.15) is 0 Å². The number of amides is 1. The Morgan fingerprint density at radius 3 is 2.48 bits per heavy atom. The smallest absolute Gasteiger partial charge is 0.273 e. The molecule has 2 N–H and O–H groups in total. The van der Waals surface area contributed by atoms with Crippen LogP contribution < -0.4 is 10.6 Å². The van der Waals surface area contributed by atoms with Gasteiger partial charge in [0.25, 0.3) is 5.91 Å². The van der Waals surface area contributed by atoms with E-state index in [0.717, 1.165) is 17.4 Å². The molecule has 5 aromatic rings. The summed E-state index contributed by atoms with van der Waals surface area (Å²) in [4.78, 5) is 34.0. The Hall–Kier alpha value is -5.12. The van der Waals surface area contributed by atoms with Crippen LogP contribution in [0.4, 0.5) is 20.3 Å². The molecule has 5 rings (SSSR count). The van der Waals surface area contributed by atoms with Crippen LogP contribution in [-0.2, 0) is 6.54 Å². The highest BCUT2D eigenvalue weighted by molar-refractivity contribution is 5.92. The Bertz CT molecular complexity index is 1710. The van der Waals surface area contributed by atoms with E-state index in [1.165, 1.54) is 18.3 Å². The second-order valence-electron chi connectivity index (χ2n) is 9.29. The number of hydrogen-bond donors (Lipinski definition) is 2. The molecule has 1 amide bonds. The van der Waals surface area contributed by atoms with Crippen LogP contribution in [0.5, 0.6) is 0 Å². The van der Waals surface area contributed by atoms with Gasteiger partial charge in [0, 0.05) is 53.2 Å². The van der Waals surface area contributed by atoms with E-state index in [9.17, 15) is 13.6 Å². The summed E-state index contributed by atoms with van der Waals surface area (Å²) in [6, 6.07) is 15.6. The lowest BCUT2D eigenvalue weighted by molar-refractivity contribution is 0.0941. The summed E-state index contributed by atoms with van der Waals surface area (Å²) in [6.45, 7) is 5.68. The molecule has 0 bridgehead atoms. The number of carbonyl (C=O) groups is 1. The van der Waals surface area contributed by atoms with E-state index in [1.807, 2.05) is 38.1 Å². The molecule has 1 aromatic carbocycles. The predicted octanol–water partition coefficient (Wildman–Crippen LogP) is 5.87. The number of aromatic nitrogens is 5. The molecule has 200 valence electrons. The zero-order chi connectivity index (χ0) is 28.2. The van der Waals surface area contributed by atoms with Gasteiger partial charge in [-0.3, -0.25) is 14.8 Å². The molecule has 0 radical (unpaired) electrons. The third kappa shape index (κ3) is 6.12. The second-order valence-corrected chi connectivity index (χ2v) is 9.29. The summed E-state index contributed by atoms with van der Waals surface area (Å²) in [5.74, 6) is -1.09. The number of nitrogens with zero attached hydrogens (tertiary/aromatic N) is 5. The number of anilines is 2. The van der Waals surface area contributed by atoms with Gasteiger partial charge in [0.1, 0.15) is 11.6 Å². The van der Waals surface area contributed by atoms with Crippen LogP contribution in [-0.4, -0.2) is 30.8 Å². The van der Waals surface area contributed by atoms with E-state index < -0.39 is 17.5 Å². The van der Waals surface area contributed by atoms with Gasteiger partial charge >= 0.3 is 0 Å². The molecule has 0 spiro atoms. The zero-order valence-electron chi connectivity index (χ0n) is 22.0. The molecule has 4 heterocycles. The minimum Gasteiger partial charge on any atom is -0.346 e. The fourth-order valence-corrected chi connectivity index (χ4v) is 4.08. The fourth-order valence-electron chi connectivity index (χ4n) is 4.08. The van der Waals surface area contributed by atoms with Crippen LogP contribution in [0, 0.1) is 32.4 Å². The van der Waals surface area contributed by atoms with Crippen LogP contribution in [0.1, 0.15) is 33.0 Å². The number of halogens is 2. The summed E-state index contributed by atoms with van der Waals surface area (Å²) in [6.07, 6.45) is 4.08. The van der Waals surface area contributed by atoms with Gasteiger partial charge in [-0.25, -0.2) is 23.7 Å². The van der Waals surface area contributed by atoms with Crippen LogP contribution in [0.15, 0.2) is 73.2 Å². The molecular formula is C30H25F2N7O. The van der Waals surface area contributed by atoms with Gasteiger partial charge in [-0.05, 0) is 62.2 Å². The average Bonchev–Trinajstić information content (AvgIpc) is 2.93. The van der Waals surface area contributed by atoms with Crippen molar-refractivity contribution in [1.29, 1.82) is 0 Å². The van der Waals surface area contributed by atoms with Gasteiger partial charge in [0.15, 0.2) is 17.3 Å². The zero-order valence-corrected chi connectivity index (χ0v) is 22.0. The molecule has 0 atom stereocenters. The number of hydrogen-bond acceptors (Lipinski definition) is 7. The number of aryl methyl sites for hydroxylation is 3. The molecule has 0 aliphatic carbocycles. The maximum atomic E-state index is 15.0. The van der Waals surface area contributed by atoms with Crippen molar-refractivity contribution >= 4 is 17.4 Å². The Balaban J connectivity index is 1.27. The Morgan fingerprint density at radius 2 is 1.73 bits per heavy atom. The van der Waals surface area contributed by atoms with Gasteiger partial charge in [-0.1, -0.05) is 18.2 Å². The first-order valence-corrected chi connectivity index (χ1v) is 12.5. The maximum absolute atomic E-state index is 15.0. The largest absolute Gasteiger partial charge is 0.346 e. The topological polar surface area (TPSA) is 106 Å². The first kappa shape index (κ1) is 26.5. The van der Waals surface area contributed by atoms with E-state index in [0.29, 0.717) is 39.6 Å². The SMILES string of the molecule is Cc1cccc(Nc2cc(C)nc(-c3cnc(C(=O)NCc4ccc(-c5cc(F)cnc5C)nc4)c(F)c3)n2)c1. The van der Waals surface area contributed by atoms with Crippen LogP contribution in [0.2, 0.25) is 0 Å². The number of carbonyl (C=O) groups excluding carboxylic acids is 1. The highest BCUT2D eigenvalue weighted by Gasteiger charge is 2.16. The molecule has 40 heavy (non-hydrogen) atoms.